The zero-order chi connectivity index (χ0) is 25.0. The van der Waals surface area contributed by atoms with Crippen molar-refractivity contribution in [2.24, 2.45) is 11.8 Å². The smallest absolute Gasteiger partial charge is 0.269 e. The molecule has 2 fully saturated rings. The van der Waals surface area contributed by atoms with Crippen LogP contribution in [0.3, 0.4) is 0 Å². The highest BCUT2D eigenvalue weighted by Gasteiger charge is 2.41. The van der Waals surface area contributed by atoms with Gasteiger partial charge in [0.05, 0.1) is 33.5 Å². The highest BCUT2D eigenvalue weighted by Crippen LogP contribution is 2.41. The number of pyridine rings is 1. The van der Waals surface area contributed by atoms with Crippen molar-refractivity contribution in [2.45, 2.75) is 62.1 Å². The number of nitrogens with zero attached hydrogens (tertiary/aromatic N) is 2. The average Bonchev–Trinajstić information content (AvgIpc) is 3.48. The maximum absolute atomic E-state index is 13.3. The van der Waals surface area contributed by atoms with E-state index in [4.69, 9.17) is 5.73 Å². The molecule has 10 heteroatoms. The van der Waals surface area contributed by atoms with E-state index < -0.39 is 19.9 Å². The largest absolute Gasteiger partial charge is 0.396 e. The summed E-state index contributed by atoms with van der Waals surface area (Å²) in [6.07, 6.45) is 7.11. The second-order valence-corrected chi connectivity index (χ2v) is 14.2. The van der Waals surface area contributed by atoms with Gasteiger partial charge in [-0.2, -0.15) is 0 Å². The summed E-state index contributed by atoms with van der Waals surface area (Å²) in [7, 11) is -6.84. The number of fused-ring (bicyclic) bond motifs is 1. The lowest BCUT2D eigenvalue weighted by Crippen LogP contribution is -2.25. The Morgan fingerprint density at radius 1 is 1.09 bits per heavy atom. The van der Waals surface area contributed by atoms with Crippen molar-refractivity contribution in [2.75, 3.05) is 16.8 Å². The molecule has 0 aliphatic heterocycles. The van der Waals surface area contributed by atoms with Gasteiger partial charge in [0.25, 0.3) is 10.0 Å². The van der Waals surface area contributed by atoms with Crippen molar-refractivity contribution >= 4 is 42.3 Å². The number of hydrogen-bond donors (Lipinski definition) is 2. The molecule has 188 valence electrons. The molecular formula is C25H32N4O4S2. The standard InChI is InChI=1S/C25H32N4O4S2/c1-3-18-12-17(15-34(30,31)19-8-9-19)13-23(18)28-24-21-10-11-29(25(21)27-14-22(24)26)35(32,33)20-6-4-16(2)5-7-20/h4-7,10-11,14,17-19,23H,3,8-9,12-13,15,26H2,1-2H3,(H,27,28)/t17?,18-,23+/m1/s1. The van der Waals surface area contributed by atoms with Gasteiger partial charge < -0.3 is 11.1 Å². The van der Waals surface area contributed by atoms with Crippen molar-refractivity contribution in [1.82, 2.24) is 8.96 Å². The third-order valence-electron chi connectivity index (χ3n) is 7.43. The Hall–Kier alpha value is -2.59. The SMILES string of the molecule is CC[C@@H]1CC(CS(=O)(=O)C2CC2)C[C@@H]1Nc1c(N)cnc2c1ccn2S(=O)(=O)c1ccc(C)cc1. The van der Waals surface area contributed by atoms with Crippen molar-refractivity contribution in [1.29, 1.82) is 0 Å². The normalized spacial score (nSPS) is 23.1. The van der Waals surface area contributed by atoms with E-state index in [1.54, 1.807) is 30.3 Å². The maximum atomic E-state index is 13.3. The Kier molecular flexibility index (Phi) is 6.07. The molecule has 8 nitrogen and oxygen atoms in total. The molecule has 5 rings (SSSR count). The number of aromatic nitrogens is 2. The molecule has 2 aliphatic rings. The highest BCUT2D eigenvalue weighted by atomic mass is 32.2. The van der Waals surface area contributed by atoms with Crippen LogP contribution in [0.5, 0.6) is 0 Å². The van der Waals surface area contributed by atoms with Gasteiger partial charge >= 0.3 is 0 Å². The lowest BCUT2D eigenvalue weighted by Gasteiger charge is -2.22. The van der Waals surface area contributed by atoms with E-state index in [9.17, 15) is 16.8 Å². The first kappa shape index (κ1) is 24.1. The van der Waals surface area contributed by atoms with E-state index >= 15 is 0 Å². The minimum atomic E-state index is -3.82. The zero-order valence-corrected chi connectivity index (χ0v) is 21.6. The van der Waals surface area contributed by atoms with Crippen LogP contribution in [0.1, 0.15) is 44.6 Å². The molecule has 1 unspecified atom stereocenters. The van der Waals surface area contributed by atoms with Crippen LogP contribution in [-0.4, -0.2) is 42.8 Å². The number of nitrogens with two attached hydrogens (primary N) is 1. The van der Waals surface area contributed by atoms with Crippen LogP contribution < -0.4 is 11.1 Å². The van der Waals surface area contributed by atoms with E-state index in [1.165, 1.54) is 16.4 Å². The Labute approximate surface area is 206 Å². The lowest BCUT2D eigenvalue weighted by atomic mass is 10.00. The average molecular weight is 517 g/mol. The summed E-state index contributed by atoms with van der Waals surface area (Å²) in [5.74, 6) is 0.683. The molecule has 3 atom stereocenters. The minimum Gasteiger partial charge on any atom is -0.396 e. The zero-order valence-electron chi connectivity index (χ0n) is 20.0. The van der Waals surface area contributed by atoms with Gasteiger partial charge in [-0.3, -0.25) is 0 Å². The molecule has 2 heterocycles. The first-order valence-corrected chi connectivity index (χ1v) is 15.3. The van der Waals surface area contributed by atoms with Gasteiger partial charge in [0, 0.05) is 17.6 Å². The topological polar surface area (TPSA) is 124 Å². The molecule has 0 spiro atoms. The van der Waals surface area contributed by atoms with Crippen molar-refractivity contribution in [3.63, 3.8) is 0 Å². The molecule has 3 aromatic rings. The molecule has 2 aromatic heterocycles. The van der Waals surface area contributed by atoms with Crippen molar-refractivity contribution < 1.29 is 16.8 Å². The predicted octanol–water partition coefficient (Wildman–Crippen LogP) is 3.96. The fraction of sp³-hybridized carbons (Fsp3) is 0.480. The second kappa shape index (κ2) is 8.81. The van der Waals surface area contributed by atoms with Crippen molar-refractivity contribution in [3.8, 4) is 0 Å². The van der Waals surface area contributed by atoms with Crippen LogP contribution >= 0.6 is 0 Å². The minimum absolute atomic E-state index is 0.0596. The first-order valence-electron chi connectivity index (χ1n) is 12.2. The number of hydrogen-bond acceptors (Lipinski definition) is 7. The Morgan fingerprint density at radius 2 is 1.80 bits per heavy atom. The van der Waals surface area contributed by atoms with Gasteiger partial charge in [-0.05, 0) is 62.6 Å². The number of sulfone groups is 1. The third kappa shape index (κ3) is 4.53. The van der Waals surface area contributed by atoms with Gasteiger partial charge in [-0.15, -0.1) is 0 Å². The second-order valence-electron chi connectivity index (χ2n) is 10.0. The van der Waals surface area contributed by atoms with Gasteiger partial charge in [-0.25, -0.2) is 25.8 Å². The first-order chi connectivity index (χ1) is 16.6. The van der Waals surface area contributed by atoms with Crippen LogP contribution in [0.4, 0.5) is 11.4 Å². The Morgan fingerprint density at radius 3 is 2.46 bits per heavy atom. The lowest BCUT2D eigenvalue weighted by molar-refractivity contribution is 0.476. The summed E-state index contributed by atoms with van der Waals surface area (Å²) in [4.78, 5) is 4.54. The number of nitrogen functional groups attached to an aromatic ring is 1. The molecule has 2 aliphatic carbocycles. The van der Waals surface area contributed by atoms with Crippen LogP contribution in [0.15, 0.2) is 47.6 Å². The summed E-state index contributed by atoms with van der Waals surface area (Å²) in [6, 6.07) is 8.49. The van der Waals surface area contributed by atoms with Crippen molar-refractivity contribution in [3.05, 3.63) is 48.3 Å². The summed E-state index contributed by atoms with van der Waals surface area (Å²) in [5.41, 5.74) is 8.68. The predicted molar refractivity (Wildman–Crippen MR) is 139 cm³/mol. The molecule has 0 bridgehead atoms. The number of nitrogens with one attached hydrogen (secondary N) is 1. The van der Waals surface area contributed by atoms with Crippen LogP contribution in [0.2, 0.25) is 0 Å². The number of benzene rings is 1. The van der Waals surface area contributed by atoms with Gasteiger partial charge in [0.2, 0.25) is 0 Å². The van der Waals surface area contributed by atoms with E-state index in [0.29, 0.717) is 28.3 Å². The highest BCUT2D eigenvalue weighted by molar-refractivity contribution is 7.92. The molecule has 35 heavy (non-hydrogen) atoms. The summed E-state index contributed by atoms with van der Waals surface area (Å²) < 4.78 is 52.9. The molecule has 0 saturated heterocycles. The van der Waals surface area contributed by atoms with Crippen LogP contribution in [0, 0.1) is 18.8 Å². The molecule has 3 N–H and O–H groups in total. The monoisotopic (exact) mass is 516 g/mol. The van der Waals surface area contributed by atoms with Gasteiger partial charge in [0.1, 0.15) is 0 Å². The van der Waals surface area contributed by atoms with E-state index in [-0.39, 0.29) is 27.9 Å². The van der Waals surface area contributed by atoms with E-state index in [2.05, 4.69) is 17.2 Å². The molecule has 1 aromatic carbocycles. The molecule has 2 saturated carbocycles. The molecular weight excluding hydrogens is 484 g/mol. The van der Waals surface area contributed by atoms with Gasteiger partial charge in [0.15, 0.2) is 15.5 Å². The summed E-state index contributed by atoms with van der Waals surface area (Å²) in [6.45, 7) is 4.02. The summed E-state index contributed by atoms with van der Waals surface area (Å²) >= 11 is 0. The fourth-order valence-corrected chi connectivity index (χ4v) is 8.70. The Bertz CT molecular complexity index is 1460. The fourth-order valence-electron chi connectivity index (χ4n) is 5.34. The number of rotatable bonds is 8. The third-order valence-corrected chi connectivity index (χ3v) is 11.5. The quantitative estimate of drug-likeness (QED) is 0.464. The van der Waals surface area contributed by atoms with E-state index in [0.717, 1.165) is 37.7 Å². The van der Waals surface area contributed by atoms with E-state index in [1.807, 2.05) is 6.92 Å². The van der Waals surface area contributed by atoms with Gasteiger partial charge in [-0.1, -0.05) is 31.0 Å². The maximum Gasteiger partial charge on any atom is 0.269 e. The number of anilines is 2. The van der Waals surface area contributed by atoms with Crippen LogP contribution in [0.25, 0.3) is 11.0 Å². The summed E-state index contributed by atoms with van der Waals surface area (Å²) in [5, 5.41) is 4.05. The number of aryl methyl sites for hydroxylation is 1. The van der Waals surface area contributed by atoms with Crippen LogP contribution in [-0.2, 0) is 19.9 Å². The molecule has 0 amide bonds. The molecule has 0 radical (unpaired) electrons. The Balaban J connectivity index is 1.44.